The average Bonchev–Trinajstić information content (AvgIpc) is 3.82. The number of hydrogen-bond acceptors (Lipinski definition) is 3. The van der Waals surface area contributed by atoms with Gasteiger partial charge in [-0.3, -0.25) is 0 Å². The van der Waals surface area contributed by atoms with Crippen molar-refractivity contribution in [3.63, 3.8) is 0 Å². The summed E-state index contributed by atoms with van der Waals surface area (Å²) in [7, 11) is 0. The van der Waals surface area contributed by atoms with E-state index in [1.807, 2.05) is 22.7 Å². The SMILES string of the molecule is c1cc(-c2cccc(N(c3ccc4sc5ccccc5c4c3)c3ccccc3-c3ccc4ccccc4c3)c2)cc(-c2cccc3c2sc2ccccc23)c1. The molecule has 0 bridgehead atoms. The van der Waals surface area contributed by atoms with Gasteiger partial charge in [-0.05, 0) is 99.3 Å². The van der Waals surface area contributed by atoms with Gasteiger partial charge in [-0.1, -0.05) is 140 Å². The fourth-order valence-corrected chi connectivity index (χ4v) is 10.5. The molecule has 9 aromatic carbocycles. The van der Waals surface area contributed by atoms with Crippen LogP contribution in [0.15, 0.2) is 200 Å². The van der Waals surface area contributed by atoms with Crippen LogP contribution < -0.4 is 4.90 Å². The number of benzene rings is 9. The molecule has 0 saturated carbocycles. The lowest BCUT2D eigenvalue weighted by atomic mass is 9.96. The van der Waals surface area contributed by atoms with E-state index >= 15 is 0 Å². The minimum Gasteiger partial charge on any atom is -0.310 e. The first-order chi connectivity index (χ1) is 27.2. The summed E-state index contributed by atoms with van der Waals surface area (Å²) in [4.78, 5) is 2.45. The number of anilines is 3. The Morgan fingerprint density at radius 3 is 1.80 bits per heavy atom. The van der Waals surface area contributed by atoms with Crippen molar-refractivity contribution in [2.75, 3.05) is 4.90 Å². The maximum absolute atomic E-state index is 2.45. The first-order valence-electron chi connectivity index (χ1n) is 18.7. The van der Waals surface area contributed by atoms with Gasteiger partial charge < -0.3 is 4.90 Å². The summed E-state index contributed by atoms with van der Waals surface area (Å²) in [6.45, 7) is 0. The molecule has 2 heterocycles. The molecule has 0 unspecified atom stereocenters. The van der Waals surface area contributed by atoms with E-state index in [-0.39, 0.29) is 0 Å². The standard InChI is InChI=1S/C52H33NS2/c1-2-13-35-30-39(27-26-34(35)12-1)42-18-3-6-23-48(42)53(41-28-29-51-47(33-41)45-20-5-7-24-49(45)54-51)40-17-10-15-37(32-40)36-14-9-16-38(31-36)43-21-11-22-46-44-19-4-8-25-50(44)55-52(43)46/h1-33H. The Morgan fingerprint density at radius 1 is 0.309 bits per heavy atom. The van der Waals surface area contributed by atoms with Gasteiger partial charge in [0.05, 0.1) is 5.69 Å². The molecule has 0 atom stereocenters. The van der Waals surface area contributed by atoms with E-state index in [0.29, 0.717) is 0 Å². The van der Waals surface area contributed by atoms with Crippen LogP contribution in [0.3, 0.4) is 0 Å². The summed E-state index contributed by atoms with van der Waals surface area (Å²) in [5.41, 5.74) is 10.6. The Balaban J connectivity index is 1.08. The number of nitrogens with zero attached hydrogens (tertiary/aromatic N) is 1. The summed E-state index contributed by atoms with van der Waals surface area (Å²) >= 11 is 3.74. The second-order valence-electron chi connectivity index (χ2n) is 14.1. The van der Waals surface area contributed by atoms with Crippen LogP contribution in [0.5, 0.6) is 0 Å². The van der Waals surface area contributed by atoms with E-state index in [9.17, 15) is 0 Å². The molecule has 0 radical (unpaired) electrons. The minimum atomic E-state index is 1.11. The van der Waals surface area contributed by atoms with E-state index in [1.165, 1.54) is 84.5 Å². The van der Waals surface area contributed by atoms with Crippen molar-refractivity contribution >= 4 is 90.9 Å². The van der Waals surface area contributed by atoms with Crippen LogP contribution >= 0.6 is 22.7 Å². The molecule has 0 spiro atoms. The van der Waals surface area contributed by atoms with Crippen LogP contribution in [0, 0.1) is 0 Å². The lowest BCUT2D eigenvalue weighted by Gasteiger charge is -2.28. The molecule has 0 saturated heterocycles. The van der Waals surface area contributed by atoms with Crippen molar-refractivity contribution in [2.45, 2.75) is 0 Å². The molecule has 55 heavy (non-hydrogen) atoms. The zero-order valence-electron chi connectivity index (χ0n) is 29.8. The zero-order chi connectivity index (χ0) is 36.3. The van der Waals surface area contributed by atoms with Crippen molar-refractivity contribution < 1.29 is 0 Å². The van der Waals surface area contributed by atoms with Gasteiger partial charge in [0.2, 0.25) is 0 Å². The molecule has 0 aliphatic carbocycles. The van der Waals surface area contributed by atoms with Gasteiger partial charge in [0, 0.05) is 57.3 Å². The zero-order valence-corrected chi connectivity index (χ0v) is 31.4. The van der Waals surface area contributed by atoms with Crippen molar-refractivity contribution in [1.29, 1.82) is 0 Å². The van der Waals surface area contributed by atoms with Gasteiger partial charge in [0.1, 0.15) is 0 Å². The van der Waals surface area contributed by atoms with Crippen LogP contribution in [0.25, 0.3) is 84.5 Å². The van der Waals surface area contributed by atoms with Crippen molar-refractivity contribution in [1.82, 2.24) is 0 Å². The second kappa shape index (κ2) is 13.1. The van der Waals surface area contributed by atoms with Gasteiger partial charge in [0.15, 0.2) is 0 Å². The molecule has 2 aromatic heterocycles. The van der Waals surface area contributed by atoms with Crippen LogP contribution in [-0.2, 0) is 0 Å². The van der Waals surface area contributed by atoms with Gasteiger partial charge in [-0.2, -0.15) is 0 Å². The average molecular weight is 736 g/mol. The molecule has 0 fully saturated rings. The summed E-state index contributed by atoms with van der Waals surface area (Å²) in [6.07, 6.45) is 0. The van der Waals surface area contributed by atoms with Crippen molar-refractivity contribution in [3.05, 3.63) is 200 Å². The monoisotopic (exact) mass is 735 g/mol. The molecule has 258 valence electrons. The second-order valence-corrected chi connectivity index (χ2v) is 16.2. The summed E-state index contributed by atoms with van der Waals surface area (Å²) in [5, 5.41) is 7.71. The highest BCUT2D eigenvalue weighted by Crippen LogP contribution is 2.45. The van der Waals surface area contributed by atoms with E-state index in [2.05, 4.69) is 205 Å². The third-order valence-corrected chi connectivity index (χ3v) is 13.2. The van der Waals surface area contributed by atoms with Crippen LogP contribution in [-0.4, -0.2) is 0 Å². The fraction of sp³-hybridized carbons (Fsp3) is 0. The van der Waals surface area contributed by atoms with Gasteiger partial charge in [-0.15, -0.1) is 22.7 Å². The molecule has 3 heteroatoms. The molecular weight excluding hydrogens is 703 g/mol. The quantitative estimate of drug-likeness (QED) is 0.164. The molecule has 0 aliphatic heterocycles. The first kappa shape index (κ1) is 32.0. The Morgan fingerprint density at radius 2 is 0.909 bits per heavy atom. The number of thiophene rings is 2. The van der Waals surface area contributed by atoms with Crippen molar-refractivity contribution in [2.24, 2.45) is 0 Å². The molecule has 0 amide bonds. The van der Waals surface area contributed by atoms with Crippen LogP contribution in [0.1, 0.15) is 0 Å². The third kappa shape index (κ3) is 5.51. The molecule has 0 aliphatic rings. The number of fused-ring (bicyclic) bond motifs is 7. The predicted molar refractivity (Wildman–Crippen MR) is 241 cm³/mol. The maximum atomic E-state index is 2.45. The fourth-order valence-electron chi connectivity index (χ4n) is 8.22. The Kier molecular flexibility index (Phi) is 7.61. The summed E-state index contributed by atoms with van der Waals surface area (Å²) < 4.78 is 5.27. The maximum Gasteiger partial charge on any atom is 0.0540 e. The number of rotatable bonds is 6. The van der Waals surface area contributed by atoms with Gasteiger partial charge in [0.25, 0.3) is 0 Å². The van der Waals surface area contributed by atoms with E-state index < -0.39 is 0 Å². The topological polar surface area (TPSA) is 3.24 Å². The normalized spacial score (nSPS) is 11.6. The lowest BCUT2D eigenvalue weighted by molar-refractivity contribution is 1.29. The van der Waals surface area contributed by atoms with E-state index in [0.717, 1.165) is 17.1 Å². The van der Waals surface area contributed by atoms with Gasteiger partial charge >= 0.3 is 0 Å². The highest BCUT2D eigenvalue weighted by atomic mass is 32.1. The van der Waals surface area contributed by atoms with Crippen LogP contribution in [0.4, 0.5) is 17.1 Å². The Bertz CT molecular complexity index is 3240. The minimum absolute atomic E-state index is 1.11. The Labute approximate surface area is 327 Å². The summed E-state index contributed by atoms with van der Waals surface area (Å²) in [5.74, 6) is 0. The summed E-state index contributed by atoms with van der Waals surface area (Å²) in [6, 6.07) is 73.5. The largest absolute Gasteiger partial charge is 0.310 e. The molecule has 11 aromatic rings. The molecule has 11 rings (SSSR count). The highest BCUT2D eigenvalue weighted by Gasteiger charge is 2.20. The highest BCUT2D eigenvalue weighted by molar-refractivity contribution is 7.26. The van der Waals surface area contributed by atoms with Crippen LogP contribution in [0.2, 0.25) is 0 Å². The van der Waals surface area contributed by atoms with E-state index in [1.54, 1.807) is 0 Å². The predicted octanol–water partition coefficient (Wildman–Crippen LogP) is 16.0. The molecular formula is C52H33NS2. The lowest BCUT2D eigenvalue weighted by Crippen LogP contribution is -2.11. The van der Waals surface area contributed by atoms with Gasteiger partial charge in [-0.25, -0.2) is 0 Å². The molecule has 0 N–H and O–H groups in total. The van der Waals surface area contributed by atoms with E-state index in [4.69, 9.17) is 0 Å². The first-order valence-corrected chi connectivity index (χ1v) is 20.3. The smallest absolute Gasteiger partial charge is 0.0540 e. The third-order valence-electron chi connectivity index (χ3n) is 10.8. The number of para-hydroxylation sites is 1. The Hall–Kier alpha value is -6.52. The molecule has 1 nitrogen and oxygen atoms in total. The number of hydrogen-bond donors (Lipinski definition) is 0. The van der Waals surface area contributed by atoms with Crippen molar-refractivity contribution in [3.8, 4) is 33.4 Å².